The van der Waals surface area contributed by atoms with Gasteiger partial charge in [-0.3, -0.25) is 0 Å². The number of aliphatic imine (C=N–C) groups is 1. The second kappa shape index (κ2) is 5.97. The molecule has 0 aliphatic heterocycles. The van der Waals surface area contributed by atoms with Crippen molar-refractivity contribution >= 4 is 21.4 Å². The Bertz CT molecular complexity index is 766. The minimum Gasteiger partial charge on any atom is -0.496 e. The Labute approximate surface area is 124 Å². The summed E-state index contributed by atoms with van der Waals surface area (Å²) in [6.07, 6.45) is 1.16. The summed E-state index contributed by atoms with van der Waals surface area (Å²) in [4.78, 5) is 4.53. The molecule has 2 rings (SSSR count). The molecule has 2 aromatic rings. The first kappa shape index (κ1) is 15.1. The summed E-state index contributed by atoms with van der Waals surface area (Å²) in [5.41, 5.74) is 7.24. The Morgan fingerprint density at radius 2 is 1.71 bits per heavy atom. The average Bonchev–Trinajstić information content (AvgIpc) is 2.46. The van der Waals surface area contributed by atoms with E-state index in [4.69, 9.17) is 10.5 Å². The summed E-state index contributed by atoms with van der Waals surface area (Å²) >= 11 is 0. The van der Waals surface area contributed by atoms with E-state index in [1.54, 1.807) is 25.3 Å². The number of nitrogens with two attached hydrogens (primary N) is 1. The minimum atomic E-state index is -3.21. The van der Waals surface area contributed by atoms with Crippen LogP contribution in [0.4, 0.5) is 5.69 Å². The molecule has 6 heteroatoms. The number of nitrogens with zero attached hydrogens (tertiary/aromatic N) is 1. The van der Waals surface area contributed by atoms with Gasteiger partial charge in [-0.2, -0.15) is 0 Å². The van der Waals surface area contributed by atoms with Crippen LogP contribution in [0.2, 0.25) is 0 Å². The van der Waals surface area contributed by atoms with Crippen molar-refractivity contribution in [1.82, 2.24) is 0 Å². The molecule has 0 radical (unpaired) electrons. The van der Waals surface area contributed by atoms with Gasteiger partial charge in [0.25, 0.3) is 0 Å². The Balaban J connectivity index is 2.35. The molecule has 0 spiro atoms. The highest BCUT2D eigenvalue weighted by Crippen LogP contribution is 2.20. The van der Waals surface area contributed by atoms with Crippen molar-refractivity contribution in [3.63, 3.8) is 0 Å². The maximum atomic E-state index is 11.4. The summed E-state index contributed by atoms with van der Waals surface area (Å²) in [6, 6.07) is 13.5. The molecule has 0 unspecified atom stereocenters. The van der Waals surface area contributed by atoms with Crippen LogP contribution in [-0.2, 0) is 9.84 Å². The van der Waals surface area contributed by atoms with Crippen LogP contribution in [0.1, 0.15) is 5.56 Å². The Kier molecular flexibility index (Phi) is 4.28. The summed E-state index contributed by atoms with van der Waals surface area (Å²) < 4.78 is 28.0. The van der Waals surface area contributed by atoms with Gasteiger partial charge in [-0.05, 0) is 36.4 Å². The topological polar surface area (TPSA) is 81.8 Å². The molecular formula is C15H16N2O3S. The molecule has 0 saturated heterocycles. The van der Waals surface area contributed by atoms with Crippen LogP contribution in [0.5, 0.6) is 5.75 Å². The van der Waals surface area contributed by atoms with E-state index in [1.807, 2.05) is 18.2 Å². The predicted molar refractivity (Wildman–Crippen MR) is 82.9 cm³/mol. The molecule has 0 bridgehead atoms. The molecule has 0 atom stereocenters. The molecular weight excluding hydrogens is 288 g/mol. The van der Waals surface area contributed by atoms with E-state index in [-0.39, 0.29) is 4.90 Å². The van der Waals surface area contributed by atoms with E-state index >= 15 is 0 Å². The van der Waals surface area contributed by atoms with Crippen molar-refractivity contribution in [1.29, 1.82) is 0 Å². The third kappa shape index (κ3) is 3.61. The molecule has 0 amide bonds. The lowest BCUT2D eigenvalue weighted by molar-refractivity contribution is 0.414. The van der Waals surface area contributed by atoms with Gasteiger partial charge in [0, 0.05) is 6.26 Å². The molecule has 0 saturated carbocycles. The maximum Gasteiger partial charge on any atom is 0.175 e. The average molecular weight is 304 g/mol. The number of sulfone groups is 1. The van der Waals surface area contributed by atoms with Crippen LogP contribution >= 0.6 is 0 Å². The first-order valence-electron chi connectivity index (χ1n) is 6.19. The quantitative estimate of drug-likeness (QED) is 0.693. The highest BCUT2D eigenvalue weighted by molar-refractivity contribution is 7.90. The van der Waals surface area contributed by atoms with Gasteiger partial charge in [-0.25, -0.2) is 13.4 Å². The summed E-state index contributed by atoms with van der Waals surface area (Å²) in [5.74, 6) is 0.936. The molecule has 2 N–H and O–H groups in total. The van der Waals surface area contributed by atoms with Crippen LogP contribution < -0.4 is 10.5 Å². The molecule has 110 valence electrons. The zero-order valence-electron chi connectivity index (χ0n) is 11.8. The van der Waals surface area contributed by atoms with Gasteiger partial charge in [0.15, 0.2) is 9.84 Å². The van der Waals surface area contributed by atoms with Crippen LogP contribution in [0.25, 0.3) is 0 Å². The normalized spacial score (nSPS) is 12.2. The van der Waals surface area contributed by atoms with Crippen LogP contribution in [0.15, 0.2) is 58.4 Å². The fraction of sp³-hybridized carbons (Fsp3) is 0.133. The summed E-state index contributed by atoms with van der Waals surface area (Å²) in [7, 11) is -1.65. The Hall–Kier alpha value is -2.34. The molecule has 0 aromatic heterocycles. The molecule has 5 nitrogen and oxygen atoms in total. The van der Waals surface area contributed by atoms with Gasteiger partial charge < -0.3 is 10.5 Å². The lowest BCUT2D eigenvalue weighted by Gasteiger charge is -2.07. The van der Waals surface area contributed by atoms with Gasteiger partial charge in [-0.15, -0.1) is 0 Å². The number of para-hydroxylation sites is 1. The van der Waals surface area contributed by atoms with Crippen LogP contribution in [0.3, 0.4) is 0 Å². The lowest BCUT2D eigenvalue weighted by atomic mass is 10.2. The van der Waals surface area contributed by atoms with Gasteiger partial charge in [0.05, 0.1) is 23.3 Å². The highest BCUT2D eigenvalue weighted by atomic mass is 32.2. The van der Waals surface area contributed by atoms with Crippen molar-refractivity contribution < 1.29 is 13.2 Å². The third-order valence-corrected chi connectivity index (χ3v) is 4.03. The van der Waals surface area contributed by atoms with E-state index in [0.717, 1.165) is 6.26 Å². The second-order valence-electron chi connectivity index (χ2n) is 4.46. The van der Waals surface area contributed by atoms with Gasteiger partial charge in [0.2, 0.25) is 0 Å². The molecule has 0 aliphatic rings. The summed E-state index contributed by atoms with van der Waals surface area (Å²) in [6.45, 7) is 0. The van der Waals surface area contributed by atoms with Gasteiger partial charge in [0.1, 0.15) is 11.6 Å². The Morgan fingerprint density at radius 1 is 1.10 bits per heavy atom. The number of methoxy groups -OCH3 is 1. The van der Waals surface area contributed by atoms with E-state index in [0.29, 0.717) is 22.8 Å². The van der Waals surface area contributed by atoms with Crippen LogP contribution in [-0.4, -0.2) is 27.6 Å². The second-order valence-corrected chi connectivity index (χ2v) is 6.48. The van der Waals surface area contributed by atoms with Crippen molar-refractivity contribution in [3.8, 4) is 5.75 Å². The number of hydrogen-bond acceptors (Lipinski definition) is 4. The zero-order chi connectivity index (χ0) is 15.5. The lowest BCUT2D eigenvalue weighted by Crippen LogP contribution is -2.14. The van der Waals surface area contributed by atoms with Crippen molar-refractivity contribution in [2.24, 2.45) is 10.7 Å². The minimum absolute atomic E-state index is 0.248. The maximum absolute atomic E-state index is 11.4. The SMILES string of the molecule is COc1ccccc1C(N)=Nc1ccc(S(C)(=O)=O)cc1. The number of ether oxygens (including phenoxy) is 1. The largest absolute Gasteiger partial charge is 0.496 e. The fourth-order valence-corrected chi connectivity index (χ4v) is 2.45. The smallest absolute Gasteiger partial charge is 0.175 e. The van der Waals surface area contributed by atoms with Crippen LogP contribution in [0, 0.1) is 0 Å². The standard InChI is InChI=1S/C15H16N2O3S/c1-20-14-6-4-3-5-13(14)15(16)17-11-7-9-12(10-8-11)21(2,18)19/h3-10H,1-2H3,(H2,16,17). The highest BCUT2D eigenvalue weighted by Gasteiger charge is 2.08. The monoisotopic (exact) mass is 304 g/mol. The molecule has 2 aromatic carbocycles. The van der Waals surface area contributed by atoms with E-state index < -0.39 is 9.84 Å². The van der Waals surface area contributed by atoms with Crippen molar-refractivity contribution in [3.05, 3.63) is 54.1 Å². The molecule has 0 aliphatic carbocycles. The molecule has 21 heavy (non-hydrogen) atoms. The fourth-order valence-electron chi connectivity index (χ4n) is 1.82. The first-order chi connectivity index (χ1) is 9.91. The number of amidine groups is 1. The molecule has 0 fully saturated rings. The zero-order valence-corrected chi connectivity index (χ0v) is 12.6. The number of hydrogen-bond donors (Lipinski definition) is 1. The number of rotatable bonds is 4. The van der Waals surface area contributed by atoms with E-state index in [9.17, 15) is 8.42 Å². The van der Waals surface area contributed by atoms with Gasteiger partial charge in [-0.1, -0.05) is 12.1 Å². The van der Waals surface area contributed by atoms with Crippen molar-refractivity contribution in [2.75, 3.05) is 13.4 Å². The number of benzene rings is 2. The first-order valence-corrected chi connectivity index (χ1v) is 8.08. The molecule has 0 heterocycles. The van der Waals surface area contributed by atoms with E-state index in [2.05, 4.69) is 4.99 Å². The third-order valence-electron chi connectivity index (χ3n) is 2.90. The van der Waals surface area contributed by atoms with Gasteiger partial charge >= 0.3 is 0 Å². The summed E-state index contributed by atoms with van der Waals surface area (Å²) in [5, 5.41) is 0. The Morgan fingerprint density at radius 3 is 2.29 bits per heavy atom. The predicted octanol–water partition coefficient (Wildman–Crippen LogP) is 2.14. The van der Waals surface area contributed by atoms with Crippen molar-refractivity contribution in [2.45, 2.75) is 4.90 Å². The van der Waals surface area contributed by atoms with E-state index in [1.165, 1.54) is 12.1 Å².